The maximum atomic E-state index is 12.2. The lowest BCUT2D eigenvalue weighted by Gasteiger charge is -2.25. The van der Waals surface area contributed by atoms with E-state index >= 15 is 0 Å². The molecule has 0 aliphatic carbocycles. The standard InChI is InChI=1S/C31H64NO6P/c1-6-7-8-9-10-11-12-13-14-15-16-17-18-19-20-21-22-23-24-25-27-36-30-31(29-35-5)38-39(33,34)37-28-26-32(2,3)4/h14-15,31H,6-13,16-30H2,1-5H3/p+1/b15-14-/t31-/m0/s1. The number of quaternary nitrogens is 1. The first kappa shape index (κ1) is 38.7. The van der Waals surface area contributed by atoms with Crippen LogP contribution in [0.4, 0.5) is 0 Å². The first-order valence-corrected chi connectivity index (χ1v) is 17.4. The third-order valence-corrected chi connectivity index (χ3v) is 7.83. The van der Waals surface area contributed by atoms with Crippen molar-refractivity contribution in [3.05, 3.63) is 12.2 Å². The number of methoxy groups -OCH3 is 1. The van der Waals surface area contributed by atoms with E-state index in [-0.39, 0.29) is 19.8 Å². The lowest BCUT2D eigenvalue weighted by molar-refractivity contribution is -0.870. The Morgan fingerprint density at radius 3 is 1.69 bits per heavy atom. The first-order chi connectivity index (χ1) is 18.7. The predicted molar refractivity (Wildman–Crippen MR) is 164 cm³/mol. The largest absolute Gasteiger partial charge is 0.472 e. The van der Waals surface area contributed by atoms with Gasteiger partial charge in [0.05, 0.1) is 34.4 Å². The van der Waals surface area contributed by atoms with E-state index in [2.05, 4.69) is 19.1 Å². The van der Waals surface area contributed by atoms with Gasteiger partial charge in [0.2, 0.25) is 0 Å². The van der Waals surface area contributed by atoms with Crippen LogP contribution in [-0.2, 0) is 23.1 Å². The van der Waals surface area contributed by atoms with Gasteiger partial charge in [0, 0.05) is 13.7 Å². The van der Waals surface area contributed by atoms with Crippen LogP contribution in [0, 0.1) is 0 Å². The van der Waals surface area contributed by atoms with E-state index in [0.29, 0.717) is 17.6 Å². The zero-order valence-corrected chi connectivity index (χ0v) is 27.3. The maximum Gasteiger partial charge on any atom is 0.472 e. The average Bonchev–Trinajstić information content (AvgIpc) is 2.86. The highest BCUT2D eigenvalue weighted by Crippen LogP contribution is 2.44. The lowest BCUT2D eigenvalue weighted by Crippen LogP contribution is -2.37. The number of nitrogens with zero attached hydrogens (tertiary/aromatic N) is 1. The quantitative estimate of drug-likeness (QED) is 0.0399. The SMILES string of the molecule is CCCCCCCCC/C=C\CCCCCCCCCCCOC[C@H](COC)OP(=O)(O)OCC[N+](C)(C)C. The average molecular weight is 579 g/mol. The topological polar surface area (TPSA) is 74.2 Å². The molecule has 0 bridgehead atoms. The van der Waals surface area contributed by atoms with Crippen molar-refractivity contribution in [2.75, 3.05) is 61.2 Å². The summed E-state index contributed by atoms with van der Waals surface area (Å²) in [5.74, 6) is 0. The molecule has 0 aliphatic heterocycles. The van der Waals surface area contributed by atoms with Gasteiger partial charge in [-0.15, -0.1) is 0 Å². The minimum Gasteiger partial charge on any atom is -0.382 e. The summed E-state index contributed by atoms with van der Waals surface area (Å²) in [5, 5.41) is 0. The number of phosphoric ester groups is 1. The van der Waals surface area contributed by atoms with Crippen molar-refractivity contribution in [1.29, 1.82) is 0 Å². The summed E-state index contributed by atoms with van der Waals surface area (Å²) in [6, 6.07) is 0. The third-order valence-electron chi connectivity index (χ3n) is 6.76. The van der Waals surface area contributed by atoms with Gasteiger partial charge in [0.15, 0.2) is 0 Å². The van der Waals surface area contributed by atoms with E-state index < -0.39 is 13.9 Å². The van der Waals surface area contributed by atoms with Crippen LogP contribution >= 0.6 is 7.82 Å². The van der Waals surface area contributed by atoms with Gasteiger partial charge >= 0.3 is 7.82 Å². The zero-order chi connectivity index (χ0) is 29.1. The number of phosphoric acid groups is 1. The van der Waals surface area contributed by atoms with Crippen molar-refractivity contribution in [1.82, 2.24) is 0 Å². The summed E-state index contributed by atoms with van der Waals surface area (Å²) >= 11 is 0. The number of allylic oxidation sites excluding steroid dienone is 2. The molecule has 0 heterocycles. The Labute approximate surface area is 242 Å². The molecule has 1 unspecified atom stereocenters. The summed E-state index contributed by atoms with van der Waals surface area (Å²) in [4.78, 5) is 9.98. The monoisotopic (exact) mass is 578 g/mol. The Hall–Kier alpha value is -0.270. The number of rotatable bonds is 30. The fourth-order valence-corrected chi connectivity index (χ4v) is 5.19. The summed E-state index contributed by atoms with van der Waals surface area (Å²) in [6.07, 6.45) is 27.7. The van der Waals surface area contributed by atoms with Gasteiger partial charge in [0.25, 0.3) is 0 Å². The van der Waals surface area contributed by atoms with Gasteiger partial charge in [-0.1, -0.05) is 103 Å². The number of ether oxygens (including phenoxy) is 2. The Bertz CT molecular complexity index is 596. The van der Waals surface area contributed by atoms with Crippen LogP contribution in [0.5, 0.6) is 0 Å². The van der Waals surface area contributed by atoms with E-state index in [1.165, 1.54) is 110 Å². The molecule has 2 atom stereocenters. The highest BCUT2D eigenvalue weighted by Gasteiger charge is 2.27. The van der Waals surface area contributed by atoms with E-state index in [1.54, 1.807) is 0 Å². The molecule has 8 heteroatoms. The molecule has 1 N–H and O–H groups in total. The van der Waals surface area contributed by atoms with Gasteiger partial charge < -0.3 is 18.9 Å². The van der Waals surface area contributed by atoms with Crippen LogP contribution < -0.4 is 0 Å². The van der Waals surface area contributed by atoms with Gasteiger partial charge in [-0.05, 0) is 32.1 Å². The van der Waals surface area contributed by atoms with E-state index in [0.717, 1.165) is 12.8 Å². The van der Waals surface area contributed by atoms with Gasteiger partial charge in [0.1, 0.15) is 19.3 Å². The number of hydrogen-bond donors (Lipinski definition) is 1. The van der Waals surface area contributed by atoms with Crippen LogP contribution in [0.25, 0.3) is 0 Å². The smallest absolute Gasteiger partial charge is 0.382 e. The van der Waals surface area contributed by atoms with Gasteiger partial charge in [-0.25, -0.2) is 4.57 Å². The molecule has 0 amide bonds. The van der Waals surface area contributed by atoms with Crippen molar-refractivity contribution >= 4 is 7.82 Å². The van der Waals surface area contributed by atoms with Crippen molar-refractivity contribution in [2.24, 2.45) is 0 Å². The number of unbranched alkanes of at least 4 members (excludes halogenated alkanes) is 16. The Morgan fingerprint density at radius 1 is 0.718 bits per heavy atom. The third kappa shape index (κ3) is 30.5. The molecular formula is C31H65NO6P+. The van der Waals surface area contributed by atoms with E-state index in [9.17, 15) is 9.46 Å². The fourth-order valence-electron chi connectivity index (χ4n) is 4.32. The van der Waals surface area contributed by atoms with E-state index in [1.807, 2.05) is 21.1 Å². The van der Waals surface area contributed by atoms with Gasteiger partial charge in [-0.2, -0.15) is 0 Å². The Kier molecular flexibility index (Phi) is 26.4. The summed E-state index contributed by atoms with van der Waals surface area (Å²) in [5.41, 5.74) is 0. The molecule has 0 aromatic carbocycles. The predicted octanol–water partition coefficient (Wildman–Crippen LogP) is 8.46. The molecular weight excluding hydrogens is 513 g/mol. The molecule has 0 aliphatic rings. The summed E-state index contributed by atoms with van der Waals surface area (Å²) < 4.78 is 34.0. The molecule has 0 radical (unpaired) electrons. The lowest BCUT2D eigenvalue weighted by atomic mass is 10.1. The van der Waals surface area contributed by atoms with Crippen molar-refractivity contribution < 1.29 is 32.5 Å². The fraction of sp³-hybridized carbons (Fsp3) is 0.935. The minimum atomic E-state index is -4.14. The molecule has 7 nitrogen and oxygen atoms in total. The maximum absolute atomic E-state index is 12.2. The van der Waals surface area contributed by atoms with Crippen molar-refractivity contribution in [3.8, 4) is 0 Å². The molecule has 0 fully saturated rings. The van der Waals surface area contributed by atoms with E-state index in [4.69, 9.17) is 18.5 Å². The number of hydrogen-bond acceptors (Lipinski definition) is 5. The molecule has 0 aromatic rings. The second kappa shape index (κ2) is 26.6. The van der Waals surface area contributed by atoms with Crippen molar-refractivity contribution in [3.63, 3.8) is 0 Å². The highest BCUT2D eigenvalue weighted by atomic mass is 31.2. The molecule has 0 aromatic heterocycles. The summed E-state index contributed by atoms with van der Waals surface area (Å²) in [6.45, 7) is 4.04. The molecule has 0 rings (SSSR count). The van der Waals surface area contributed by atoms with Gasteiger partial charge in [-0.3, -0.25) is 9.05 Å². The second-order valence-electron chi connectivity index (χ2n) is 11.9. The van der Waals surface area contributed by atoms with Crippen LogP contribution in [0.15, 0.2) is 12.2 Å². The first-order valence-electron chi connectivity index (χ1n) is 15.9. The molecule has 0 spiro atoms. The van der Waals surface area contributed by atoms with Crippen LogP contribution in [0.2, 0.25) is 0 Å². The molecule has 234 valence electrons. The molecule has 39 heavy (non-hydrogen) atoms. The van der Waals surface area contributed by atoms with Crippen molar-refractivity contribution in [2.45, 2.75) is 129 Å². The number of likely N-dealkylation sites (N-methyl/N-ethyl adjacent to an activating group) is 1. The highest BCUT2D eigenvalue weighted by molar-refractivity contribution is 7.47. The van der Waals surface area contributed by atoms with Crippen LogP contribution in [0.3, 0.4) is 0 Å². The molecule has 0 saturated heterocycles. The zero-order valence-electron chi connectivity index (χ0n) is 26.4. The normalized spacial score (nSPS) is 14.7. The van der Waals surface area contributed by atoms with Crippen LogP contribution in [0.1, 0.15) is 122 Å². The van der Waals surface area contributed by atoms with Crippen LogP contribution in [-0.4, -0.2) is 76.7 Å². The second-order valence-corrected chi connectivity index (χ2v) is 13.3. The summed E-state index contributed by atoms with van der Waals surface area (Å²) in [7, 11) is 3.38. The Morgan fingerprint density at radius 2 is 1.21 bits per heavy atom. The molecule has 0 saturated carbocycles. The Balaban J connectivity index is 3.56. The minimum absolute atomic E-state index is 0.147.